The van der Waals surface area contributed by atoms with E-state index in [0.29, 0.717) is 36.4 Å². The Balaban J connectivity index is 1.59. The summed E-state index contributed by atoms with van der Waals surface area (Å²) in [4.78, 5) is 21.5. The van der Waals surface area contributed by atoms with E-state index >= 15 is 0 Å². The number of carbonyl (C=O) groups excluding carboxylic acids is 1. The number of ether oxygens (including phenoxy) is 1. The van der Waals surface area contributed by atoms with Crippen molar-refractivity contribution in [3.63, 3.8) is 0 Å². The minimum absolute atomic E-state index is 0.157. The Bertz CT molecular complexity index is 811. The molecule has 0 radical (unpaired) electrons. The van der Waals surface area contributed by atoms with Crippen LogP contribution in [-0.4, -0.2) is 47.1 Å². The van der Waals surface area contributed by atoms with Crippen LogP contribution in [0.3, 0.4) is 0 Å². The number of pyridine rings is 1. The monoisotopic (exact) mass is 367 g/mol. The van der Waals surface area contributed by atoms with Crippen molar-refractivity contribution in [1.29, 1.82) is 0 Å². The molecular weight excluding hydrogens is 342 g/mol. The average molecular weight is 367 g/mol. The Kier molecular flexibility index (Phi) is 5.29. The van der Waals surface area contributed by atoms with E-state index in [9.17, 15) is 4.79 Å². The minimum Gasteiger partial charge on any atom is -0.381 e. The Labute approximate surface area is 158 Å². The van der Waals surface area contributed by atoms with Gasteiger partial charge in [-0.25, -0.2) is 9.67 Å². The van der Waals surface area contributed by atoms with Gasteiger partial charge in [0.2, 0.25) is 0 Å². The molecule has 0 spiro atoms. The van der Waals surface area contributed by atoms with Gasteiger partial charge in [0.05, 0.1) is 12.2 Å². The summed E-state index contributed by atoms with van der Waals surface area (Å²) in [6.45, 7) is 1.43. The number of hydrogen-bond donors (Lipinski definition) is 1. The highest BCUT2D eigenvalue weighted by molar-refractivity contribution is 5.98. The maximum atomic E-state index is 12.3. The van der Waals surface area contributed by atoms with Crippen LogP contribution < -0.4 is 5.32 Å². The topological polar surface area (TPSA) is 81.4 Å². The molecular formula is C20H25N5O2. The highest BCUT2D eigenvalue weighted by Crippen LogP contribution is 2.41. The summed E-state index contributed by atoms with van der Waals surface area (Å²) in [5, 5.41) is 7.17. The number of nitrogens with one attached hydrogen (secondary N) is 1. The van der Waals surface area contributed by atoms with E-state index in [4.69, 9.17) is 9.73 Å². The van der Waals surface area contributed by atoms with Crippen molar-refractivity contribution in [1.82, 2.24) is 20.1 Å². The van der Waals surface area contributed by atoms with Crippen molar-refractivity contribution in [3.05, 3.63) is 41.9 Å². The summed E-state index contributed by atoms with van der Waals surface area (Å²) < 4.78 is 7.36. The molecule has 2 aliphatic rings. The molecule has 7 nitrogen and oxygen atoms in total. The standard InChI is InChI=1S/C20H25N5O2/c1-21-20(26)17-13-24-25(15-7-10-27-11-8-15)19(17)23-12-14-5-6-16(14)18-4-2-3-9-22-18/h2-4,9,12-16H,5-8,10-11H2,1H3,(H,21,26)/t14-,16+/m1/s1. The molecule has 1 aliphatic carbocycles. The molecule has 1 aliphatic heterocycles. The second-order valence-corrected chi connectivity index (χ2v) is 7.13. The molecule has 1 N–H and O–H groups in total. The lowest BCUT2D eigenvalue weighted by Gasteiger charge is -2.33. The number of nitrogens with zero attached hydrogens (tertiary/aromatic N) is 4. The average Bonchev–Trinajstić information content (AvgIpc) is 3.12. The third-order valence-corrected chi connectivity index (χ3v) is 5.56. The maximum Gasteiger partial charge on any atom is 0.256 e. The van der Waals surface area contributed by atoms with Crippen LogP contribution in [0.25, 0.3) is 0 Å². The van der Waals surface area contributed by atoms with Gasteiger partial charge in [-0.2, -0.15) is 5.10 Å². The Morgan fingerprint density at radius 2 is 2.15 bits per heavy atom. The van der Waals surface area contributed by atoms with E-state index in [1.54, 1.807) is 13.2 Å². The summed E-state index contributed by atoms with van der Waals surface area (Å²) in [6, 6.07) is 6.26. The number of rotatable bonds is 5. The normalized spacial score (nSPS) is 23.3. The molecule has 142 valence electrons. The highest BCUT2D eigenvalue weighted by atomic mass is 16.5. The van der Waals surface area contributed by atoms with Gasteiger partial charge in [-0.05, 0) is 37.8 Å². The molecule has 1 saturated carbocycles. The molecule has 1 saturated heterocycles. The number of aromatic nitrogens is 3. The van der Waals surface area contributed by atoms with Crippen LogP contribution in [0, 0.1) is 5.92 Å². The van der Waals surface area contributed by atoms with Crippen LogP contribution in [0.5, 0.6) is 0 Å². The first kappa shape index (κ1) is 17.9. The van der Waals surface area contributed by atoms with Crippen molar-refractivity contribution in [2.24, 2.45) is 10.9 Å². The number of amides is 1. The lowest BCUT2D eigenvalue weighted by Crippen LogP contribution is -2.26. The van der Waals surface area contributed by atoms with Gasteiger partial charge in [-0.1, -0.05) is 6.07 Å². The van der Waals surface area contributed by atoms with Crippen molar-refractivity contribution in [2.45, 2.75) is 37.6 Å². The zero-order chi connectivity index (χ0) is 18.6. The van der Waals surface area contributed by atoms with Crippen LogP contribution in [0.2, 0.25) is 0 Å². The van der Waals surface area contributed by atoms with Gasteiger partial charge in [0.15, 0.2) is 5.82 Å². The molecule has 4 rings (SSSR count). The van der Waals surface area contributed by atoms with E-state index in [-0.39, 0.29) is 11.9 Å². The fraction of sp³-hybridized carbons (Fsp3) is 0.500. The second-order valence-electron chi connectivity index (χ2n) is 7.13. The Morgan fingerprint density at radius 3 is 2.81 bits per heavy atom. The van der Waals surface area contributed by atoms with Crippen molar-refractivity contribution in [3.8, 4) is 0 Å². The van der Waals surface area contributed by atoms with Crippen molar-refractivity contribution < 1.29 is 9.53 Å². The number of carbonyl (C=O) groups is 1. The lowest BCUT2D eigenvalue weighted by atomic mass is 9.72. The van der Waals surface area contributed by atoms with Gasteiger partial charge >= 0.3 is 0 Å². The Hall–Kier alpha value is -2.54. The van der Waals surface area contributed by atoms with E-state index in [0.717, 1.165) is 31.4 Å². The maximum absolute atomic E-state index is 12.3. The van der Waals surface area contributed by atoms with Crippen LogP contribution >= 0.6 is 0 Å². The van der Waals surface area contributed by atoms with Gasteiger partial charge in [0.1, 0.15) is 5.56 Å². The molecule has 0 aromatic carbocycles. The first-order chi connectivity index (χ1) is 13.3. The predicted molar refractivity (Wildman–Crippen MR) is 103 cm³/mol. The summed E-state index contributed by atoms with van der Waals surface area (Å²) in [7, 11) is 1.63. The molecule has 0 unspecified atom stereocenters. The van der Waals surface area contributed by atoms with Crippen LogP contribution in [-0.2, 0) is 4.74 Å². The van der Waals surface area contributed by atoms with E-state index in [1.165, 1.54) is 0 Å². The van der Waals surface area contributed by atoms with Crippen LogP contribution in [0.15, 0.2) is 35.6 Å². The molecule has 7 heteroatoms. The zero-order valence-corrected chi connectivity index (χ0v) is 15.5. The van der Waals surface area contributed by atoms with E-state index < -0.39 is 0 Å². The van der Waals surface area contributed by atoms with Crippen molar-refractivity contribution in [2.75, 3.05) is 20.3 Å². The molecule has 27 heavy (non-hydrogen) atoms. The zero-order valence-electron chi connectivity index (χ0n) is 15.5. The molecule has 2 aromatic rings. The highest BCUT2D eigenvalue weighted by Gasteiger charge is 2.32. The predicted octanol–water partition coefficient (Wildman–Crippen LogP) is 2.89. The van der Waals surface area contributed by atoms with Crippen molar-refractivity contribution >= 4 is 17.9 Å². The van der Waals surface area contributed by atoms with Gasteiger partial charge < -0.3 is 10.1 Å². The fourth-order valence-corrected chi connectivity index (χ4v) is 3.81. The fourth-order valence-electron chi connectivity index (χ4n) is 3.81. The third kappa shape index (κ3) is 3.64. The summed E-state index contributed by atoms with van der Waals surface area (Å²) in [6.07, 6.45) is 9.43. The van der Waals surface area contributed by atoms with Gasteiger partial charge in [-0.3, -0.25) is 9.78 Å². The first-order valence-corrected chi connectivity index (χ1v) is 9.60. The third-order valence-electron chi connectivity index (χ3n) is 5.56. The number of hydrogen-bond acceptors (Lipinski definition) is 5. The molecule has 2 fully saturated rings. The van der Waals surface area contributed by atoms with Crippen LogP contribution in [0.1, 0.15) is 53.7 Å². The lowest BCUT2D eigenvalue weighted by molar-refractivity contribution is 0.0667. The molecule has 3 heterocycles. The van der Waals surface area contributed by atoms with Crippen LogP contribution in [0.4, 0.5) is 5.82 Å². The second kappa shape index (κ2) is 8.00. The Morgan fingerprint density at radius 1 is 1.30 bits per heavy atom. The van der Waals surface area contributed by atoms with Gasteiger partial charge in [-0.15, -0.1) is 0 Å². The first-order valence-electron chi connectivity index (χ1n) is 9.60. The quantitative estimate of drug-likeness (QED) is 0.824. The minimum atomic E-state index is -0.157. The van der Waals surface area contributed by atoms with Gasteiger partial charge in [0, 0.05) is 50.2 Å². The number of aliphatic imine (C=N–C) groups is 1. The summed E-state index contributed by atoms with van der Waals surface area (Å²) in [5.41, 5.74) is 1.64. The van der Waals surface area contributed by atoms with E-state index in [2.05, 4.69) is 21.5 Å². The molecule has 2 atom stereocenters. The van der Waals surface area contributed by atoms with E-state index in [1.807, 2.05) is 29.2 Å². The summed E-state index contributed by atoms with van der Waals surface area (Å²) in [5.74, 6) is 1.23. The molecule has 1 amide bonds. The SMILES string of the molecule is CNC(=O)c1cnn(C2CCOCC2)c1N=C[C@H]1CC[C@@H]1c1ccccn1. The molecule has 2 aromatic heterocycles. The molecule has 0 bridgehead atoms. The van der Waals surface area contributed by atoms with Gasteiger partial charge in [0.25, 0.3) is 5.91 Å². The largest absolute Gasteiger partial charge is 0.381 e. The summed E-state index contributed by atoms with van der Waals surface area (Å²) >= 11 is 0. The smallest absolute Gasteiger partial charge is 0.256 e.